The van der Waals surface area contributed by atoms with Crippen LogP contribution in [0.1, 0.15) is 31.7 Å². The van der Waals surface area contributed by atoms with Crippen LogP contribution in [0.15, 0.2) is 18.2 Å². The summed E-state index contributed by atoms with van der Waals surface area (Å²) in [5, 5.41) is 10.6. The van der Waals surface area contributed by atoms with E-state index in [-0.39, 0.29) is 5.02 Å². The molecule has 1 aliphatic heterocycles. The van der Waals surface area contributed by atoms with Crippen LogP contribution in [0.2, 0.25) is 5.02 Å². The van der Waals surface area contributed by atoms with Crippen LogP contribution < -0.4 is 4.74 Å². The Morgan fingerprint density at radius 3 is 2.50 bits per heavy atom. The fourth-order valence-corrected chi connectivity index (χ4v) is 3.15. The molecule has 1 aliphatic rings. The Morgan fingerprint density at radius 2 is 1.95 bits per heavy atom. The van der Waals surface area contributed by atoms with E-state index >= 15 is 0 Å². The minimum Gasteiger partial charge on any atom is -0.404 e. The molecule has 0 aromatic heterocycles. The lowest BCUT2D eigenvalue weighted by Gasteiger charge is -2.39. The van der Waals surface area contributed by atoms with Crippen molar-refractivity contribution in [3.05, 3.63) is 28.8 Å². The third-order valence-electron chi connectivity index (χ3n) is 3.91. The van der Waals surface area contributed by atoms with Crippen LogP contribution in [0.5, 0.6) is 5.75 Å². The Hall–Kier alpha value is -0.980. The fourth-order valence-electron chi connectivity index (χ4n) is 2.81. The monoisotopic (exact) mass is 337 g/mol. The smallest absolute Gasteiger partial charge is 0.404 e. The van der Waals surface area contributed by atoms with Gasteiger partial charge in [0.2, 0.25) is 0 Å². The van der Waals surface area contributed by atoms with Gasteiger partial charge in [0.1, 0.15) is 5.75 Å². The van der Waals surface area contributed by atoms with Crippen molar-refractivity contribution < 1.29 is 23.0 Å². The van der Waals surface area contributed by atoms with Gasteiger partial charge in [0.05, 0.1) is 10.6 Å². The molecule has 0 radical (unpaired) electrons. The molecule has 1 saturated heterocycles. The number of halogens is 4. The van der Waals surface area contributed by atoms with Gasteiger partial charge in [-0.1, -0.05) is 30.7 Å². The average molecular weight is 338 g/mol. The van der Waals surface area contributed by atoms with Crippen molar-refractivity contribution >= 4 is 11.6 Å². The number of piperidine rings is 1. The summed E-state index contributed by atoms with van der Waals surface area (Å²) in [4.78, 5) is 2.22. The van der Waals surface area contributed by atoms with Crippen LogP contribution in [0, 0.1) is 0 Å². The van der Waals surface area contributed by atoms with Gasteiger partial charge in [0, 0.05) is 18.7 Å². The van der Waals surface area contributed by atoms with Crippen LogP contribution >= 0.6 is 11.6 Å². The lowest BCUT2D eigenvalue weighted by atomic mass is 9.84. The molecule has 0 atom stereocenters. The van der Waals surface area contributed by atoms with E-state index in [1.165, 1.54) is 6.07 Å². The van der Waals surface area contributed by atoms with Gasteiger partial charge in [-0.15, -0.1) is 13.2 Å². The SMILES string of the molecule is CCCN1CCC(O)(c2cccc(OC(F)(F)F)c2Cl)CC1. The van der Waals surface area contributed by atoms with Crippen molar-refractivity contribution in [3.8, 4) is 5.75 Å². The third-order valence-corrected chi connectivity index (χ3v) is 4.30. The van der Waals surface area contributed by atoms with E-state index in [1.54, 1.807) is 6.07 Å². The molecule has 0 aliphatic carbocycles. The number of rotatable bonds is 4. The highest BCUT2D eigenvalue weighted by Gasteiger charge is 2.38. The minimum atomic E-state index is -4.81. The van der Waals surface area contributed by atoms with Gasteiger partial charge in [-0.2, -0.15) is 0 Å². The van der Waals surface area contributed by atoms with Crippen LogP contribution in [0.25, 0.3) is 0 Å². The number of hydrogen-bond donors (Lipinski definition) is 1. The Bertz CT molecular complexity index is 514. The highest BCUT2D eigenvalue weighted by atomic mass is 35.5. The van der Waals surface area contributed by atoms with Crippen LogP contribution in [0.3, 0.4) is 0 Å². The second-order valence-electron chi connectivity index (χ2n) is 5.54. The molecule has 7 heteroatoms. The van der Waals surface area contributed by atoms with E-state index < -0.39 is 17.7 Å². The number of likely N-dealkylation sites (tertiary alicyclic amines) is 1. The summed E-state index contributed by atoms with van der Waals surface area (Å²) in [6.07, 6.45) is -2.92. The number of aliphatic hydroxyl groups is 1. The van der Waals surface area contributed by atoms with E-state index in [0.29, 0.717) is 31.5 Å². The van der Waals surface area contributed by atoms with Gasteiger partial charge < -0.3 is 14.7 Å². The van der Waals surface area contributed by atoms with E-state index in [1.807, 2.05) is 0 Å². The van der Waals surface area contributed by atoms with Gasteiger partial charge in [0.15, 0.2) is 0 Å². The quantitative estimate of drug-likeness (QED) is 0.903. The Labute approximate surface area is 132 Å². The predicted molar refractivity (Wildman–Crippen MR) is 78.0 cm³/mol. The van der Waals surface area contributed by atoms with Gasteiger partial charge in [-0.3, -0.25) is 0 Å². The van der Waals surface area contributed by atoms with E-state index in [0.717, 1.165) is 19.0 Å². The molecule has 0 saturated carbocycles. The van der Waals surface area contributed by atoms with Crippen LogP contribution in [0.4, 0.5) is 13.2 Å². The van der Waals surface area contributed by atoms with Crippen molar-refractivity contribution in [2.75, 3.05) is 19.6 Å². The molecule has 2 rings (SSSR count). The second-order valence-corrected chi connectivity index (χ2v) is 5.92. The molecule has 1 aromatic rings. The first kappa shape index (κ1) is 17.4. The Kier molecular flexibility index (Phi) is 5.25. The molecule has 0 unspecified atom stereocenters. The summed E-state index contributed by atoms with van der Waals surface area (Å²) < 4.78 is 41.0. The largest absolute Gasteiger partial charge is 0.573 e. The molecule has 1 heterocycles. The van der Waals surface area contributed by atoms with E-state index in [2.05, 4.69) is 16.6 Å². The minimum absolute atomic E-state index is 0.175. The molecule has 0 bridgehead atoms. The molecule has 0 amide bonds. The highest BCUT2D eigenvalue weighted by Crippen LogP contribution is 2.41. The van der Waals surface area contributed by atoms with Gasteiger partial charge in [0.25, 0.3) is 0 Å². The molecular formula is C15H19ClF3NO2. The first-order chi connectivity index (χ1) is 10.2. The van der Waals surface area contributed by atoms with Gasteiger partial charge in [-0.05, 0) is 31.9 Å². The van der Waals surface area contributed by atoms with Crippen molar-refractivity contribution in [3.63, 3.8) is 0 Å². The van der Waals surface area contributed by atoms with Crippen molar-refractivity contribution in [2.45, 2.75) is 38.1 Å². The summed E-state index contributed by atoms with van der Waals surface area (Å²) in [5.41, 5.74) is -0.918. The first-order valence-corrected chi connectivity index (χ1v) is 7.62. The molecule has 0 spiro atoms. The maximum Gasteiger partial charge on any atom is 0.573 e. The Balaban J connectivity index is 2.20. The lowest BCUT2D eigenvalue weighted by molar-refractivity contribution is -0.274. The van der Waals surface area contributed by atoms with Crippen LogP contribution in [-0.2, 0) is 5.60 Å². The predicted octanol–water partition coefficient (Wildman–Crippen LogP) is 3.93. The maximum atomic E-state index is 12.4. The van der Waals surface area contributed by atoms with Gasteiger partial charge >= 0.3 is 6.36 Å². The lowest BCUT2D eigenvalue weighted by Crippen LogP contribution is -2.43. The van der Waals surface area contributed by atoms with E-state index in [4.69, 9.17) is 11.6 Å². The van der Waals surface area contributed by atoms with Crippen molar-refractivity contribution in [2.24, 2.45) is 0 Å². The van der Waals surface area contributed by atoms with Gasteiger partial charge in [-0.25, -0.2) is 0 Å². The molecule has 124 valence electrons. The molecule has 22 heavy (non-hydrogen) atoms. The average Bonchev–Trinajstić information content (AvgIpc) is 2.43. The topological polar surface area (TPSA) is 32.7 Å². The zero-order chi connectivity index (χ0) is 16.4. The normalized spacial score (nSPS) is 19.2. The van der Waals surface area contributed by atoms with Crippen molar-refractivity contribution in [1.82, 2.24) is 4.90 Å². The first-order valence-electron chi connectivity index (χ1n) is 7.24. The summed E-state index contributed by atoms with van der Waals surface area (Å²) in [6, 6.07) is 4.12. The van der Waals surface area contributed by atoms with E-state index in [9.17, 15) is 18.3 Å². The molecule has 1 fully saturated rings. The third kappa shape index (κ3) is 4.06. The zero-order valence-electron chi connectivity index (χ0n) is 12.3. The molecule has 1 aromatic carbocycles. The molecule has 3 nitrogen and oxygen atoms in total. The number of alkyl halides is 3. The fraction of sp³-hybridized carbons (Fsp3) is 0.600. The zero-order valence-corrected chi connectivity index (χ0v) is 13.0. The number of nitrogens with zero attached hydrogens (tertiary/aromatic N) is 1. The van der Waals surface area contributed by atoms with Crippen LogP contribution in [-0.4, -0.2) is 36.0 Å². The number of benzene rings is 1. The number of ether oxygens (including phenoxy) is 1. The molecular weight excluding hydrogens is 319 g/mol. The Morgan fingerprint density at radius 1 is 1.32 bits per heavy atom. The standard InChI is InChI=1S/C15H19ClF3NO2/c1-2-8-20-9-6-14(21,7-10-20)11-4-3-5-12(13(11)16)22-15(17,18)19/h3-5,21H,2,6-10H2,1H3. The summed E-state index contributed by atoms with van der Waals surface area (Å²) in [5.74, 6) is -0.476. The second kappa shape index (κ2) is 6.64. The summed E-state index contributed by atoms with van der Waals surface area (Å²) >= 11 is 6.04. The highest BCUT2D eigenvalue weighted by molar-refractivity contribution is 6.33. The van der Waals surface area contributed by atoms with Crippen molar-refractivity contribution in [1.29, 1.82) is 0 Å². The number of hydrogen-bond acceptors (Lipinski definition) is 3. The molecule has 1 N–H and O–H groups in total. The summed E-state index contributed by atoms with van der Waals surface area (Å²) in [7, 11) is 0. The summed E-state index contributed by atoms with van der Waals surface area (Å²) in [6.45, 7) is 4.40. The maximum absolute atomic E-state index is 12.4.